The molecule has 1 unspecified atom stereocenters. The lowest BCUT2D eigenvalue weighted by molar-refractivity contribution is -0.167. The number of hydrogen-bond acceptors (Lipinski definition) is 6. The minimum absolute atomic E-state index is 0.0808. The molecule has 0 heterocycles. The van der Waals surface area contributed by atoms with E-state index in [1.807, 2.05) is 0 Å². The van der Waals surface area contributed by atoms with Crippen LogP contribution in [0, 0.1) is 0 Å². The SMILES string of the molecule is CCCCC/C=C\C/C=C\CCCCCCCCCCCC(=O)OCC(COC(=O)CCCCCCC)OC(=O)CCCCCCC/C=C\C/C=C\CCCCC. The van der Waals surface area contributed by atoms with Crippen LogP contribution in [0.2, 0.25) is 0 Å². The number of carbonyl (C=O) groups is 3. The molecule has 0 aromatic heterocycles. The highest BCUT2D eigenvalue weighted by atomic mass is 16.6. The summed E-state index contributed by atoms with van der Waals surface area (Å²) < 4.78 is 16.6. The Bertz CT molecular complexity index is 1010. The topological polar surface area (TPSA) is 78.9 Å². The molecule has 330 valence electrons. The van der Waals surface area contributed by atoms with E-state index in [1.54, 1.807) is 0 Å². The highest BCUT2D eigenvalue weighted by Gasteiger charge is 2.19. The summed E-state index contributed by atoms with van der Waals surface area (Å²) in [6, 6.07) is 0. The molecule has 0 aliphatic heterocycles. The van der Waals surface area contributed by atoms with Crippen molar-refractivity contribution in [2.45, 2.75) is 245 Å². The average Bonchev–Trinajstić information content (AvgIpc) is 3.21. The Kier molecular flexibility index (Phi) is 43.9. The van der Waals surface area contributed by atoms with E-state index in [1.165, 1.54) is 103 Å². The van der Waals surface area contributed by atoms with Crippen molar-refractivity contribution in [3.05, 3.63) is 48.6 Å². The first-order valence-corrected chi connectivity index (χ1v) is 24.1. The highest BCUT2D eigenvalue weighted by Crippen LogP contribution is 2.14. The zero-order valence-electron chi connectivity index (χ0n) is 37.6. The van der Waals surface area contributed by atoms with Gasteiger partial charge in [-0.3, -0.25) is 14.4 Å². The van der Waals surface area contributed by atoms with Crippen LogP contribution in [0.3, 0.4) is 0 Å². The molecule has 0 aliphatic carbocycles. The van der Waals surface area contributed by atoms with Crippen molar-refractivity contribution in [1.82, 2.24) is 0 Å². The average molecular weight is 799 g/mol. The van der Waals surface area contributed by atoms with Crippen molar-refractivity contribution in [3.63, 3.8) is 0 Å². The summed E-state index contributed by atoms with van der Waals surface area (Å²) in [6.07, 6.45) is 54.1. The van der Waals surface area contributed by atoms with E-state index in [4.69, 9.17) is 14.2 Å². The predicted octanol–water partition coefficient (Wildman–Crippen LogP) is 15.5. The van der Waals surface area contributed by atoms with Gasteiger partial charge in [-0.1, -0.05) is 185 Å². The standard InChI is InChI=1S/C51H90O6/c1-4-7-10-13-15-17-19-21-23-24-25-26-28-29-31-33-35-38-41-44-50(53)56-47-48(46-55-49(52)43-40-37-12-9-6-3)57-51(54)45-42-39-36-34-32-30-27-22-20-18-16-14-11-8-5-2/h15-18,21-23,27,48H,4-14,19-20,24-26,28-47H2,1-3H3/b17-15-,18-16-,23-21-,27-22-. The Morgan fingerprint density at radius 1 is 0.351 bits per heavy atom. The van der Waals surface area contributed by atoms with Gasteiger partial charge in [-0.15, -0.1) is 0 Å². The predicted molar refractivity (Wildman–Crippen MR) is 242 cm³/mol. The number of rotatable bonds is 43. The first-order chi connectivity index (χ1) is 28.0. The van der Waals surface area contributed by atoms with Crippen LogP contribution in [0.1, 0.15) is 239 Å². The molecule has 0 fully saturated rings. The van der Waals surface area contributed by atoms with Gasteiger partial charge in [0.25, 0.3) is 0 Å². The zero-order valence-corrected chi connectivity index (χ0v) is 37.6. The molecule has 0 amide bonds. The molecule has 57 heavy (non-hydrogen) atoms. The summed E-state index contributed by atoms with van der Waals surface area (Å²) in [5.41, 5.74) is 0. The van der Waals surface area contributed by atoms with Gasteiger partial charge >= 0.3 is 17.9 Å². The fourth-order valence-electron chi connectivity index (χ4n) is 6.62. The van der Waals surface area contributed by atoms with Crippen molar-refractivity contribution in [2.75, 3.05) is 13.2 Å². The van der Waals surface area contributed by atoms with Gasteiger partial charge in [0.2, 0.25) is 0 Å². The molecule has 0 rings (SSSR count). The minimum Gasteiger partial charge on any atom is -0.462 e. The van der Waals surface area contributed by atoms with Gasteiger partial charge < -0.3 is 14.2 Å². The molecule has 1 atom stereocenters. The van der Waals surface area contributed by atoms with Gasteiger partial charge in [-0.05, 0) is 83.5 Å². The Hall–Kier alpha value is -2.63. The summed E-state index contributed by atoms with van der Waals surface area (Å²) in [6.45, 7) is 6.49. The maximum absolute atomic E-state index is 12.7. The number of unbranched alkanes of at least 4 members (excludes halogenated alkanes) is 24. The molecule has 0 N–H and O–H groups in total. The van der Waals surface area contributed by atoms with Gasteiger partial charge in [0, 0.05) is 19.3 Å². The third-order valence-corrected chi connectivity index (χ3v) is 10.3. The molecule has 0 spiro atoms. The summed E-state index contributed by atoms with van der Waals surface area (Å²) in [5, 5.41) is 0. The van der Waals surface area contributed by atoms with Crippen LogP contribution < -0.4 is 0 Å². The lowest BCUT2D eigenvalue weighted by atomic mass is 10.1. The van der Waals surface area contributed by atoms with Gasteiger partial charge in [0.15, 0.2) is 6.10 Å². The normalized spacial score (nSPS) is 12.4. The van der Waals surface area contributed by atoms with E-state index >= 15 is 0 Å². The maximum atomic E-state index is 12.7. The smallest absolute Gasteiger partial charge is 0.306 e. The van der Waals surface area contributed by atoms with Crippen LogP contribution in [-0.4, -0.2) is 37.2 Å². The molecular formula is C51H90O6. The molecular weight excluding hydrogens is 709 g/mol. The minimum atomic E-state index is -0.776. The number of allylic oxidation sites excluding steroid dienone is 8. The molecule has 6 heteroatoms. The monoisotopic (exact) mass is 799 g/mol. The first-order valence-electron chi connectivity index (χ1n) is 24.1. The van der Waals surface area contributed by atoms with E-state index in [0.29, 0.717) is 19.3 Å². The number of esters is 3. The summed E-state index contributed by atoms with van der Waals surface area (Å²) in [7, 11) is 0. The van der Waals surface area contributed by atoms with Crippen LogP contribution in [0.25, 0.3) is 0 Å². The Balaban J connectivity index is 4.20. The highest BCUT2D eigenvalue weighted by molar-refractivity contribution is 5.71. The third-order valence-electron chi connectivity index (χ3n) is 10.3. The van der Waals surface area contributed by atoms with Gasteiger partial charge in [-0.25, -0.2) is 0 Å². The van der Waals surface area contributed by atoms with Crippen molar-refractivity contribution in [3.8, 4) is 0 Å². The second-order valence-electron chi connectivity index (χ2n) is 16.0. The second-order valence-corrected chi connectivity index (χ2v) is 16.0. The lowest BCUT2D eigenvalue weighted by Crippen LogP contribution is -2.30. The molecule has 0 bridgehead atoms. The van der Waals surface area contributed by atoms with Gasteiger partial charge in [0.1, 0.15) is 13.2 Å². The summed E-state index contributed by atoms with van der Waals surface area (Å²) in [5.74, 6) is -0.911. The number of hydrogen-bond donors (Lipinski definition) is 0. The molecule has 0 radical (unpaired) electrons. The van der Waals surface area contributed by atoms with Crippen LogP contribution in [0.4, 0.5) is 0 Å². The molecule has 0 aromatic rings. The molecule has 0 aliphatic rings. The van der Waals surface area contributed by atoms with Crippen molar-refractivity contribution < 1.29 is 28.6 Å². The maximum Gasteiger partial charge on any atom is 0.306 e. The second kappa shape index (κ2) is 46.1. The summed E-state index contributed by atoms with van der Waals surface area (Å²) in [4.78, 5) is 37.6. The van der Waals surface area contributed by atoms with E-state index < -0.39 is 6.10 Å². The van der Waals surface area contributed by atoms with Crippen molar-refractivity contribution >= 4 is 17.9 Å². The van der Waals surface area contributed by atoms with E-state index in [0.717, 1.165) is 96.3 Å². The van der Waals surface area contributed by atoms with E-state index in [2.05, 4.69) is 69.4 Å². The third kappa shape index (κ3) is 44.3. The molecule has 0 saturated heterocycles. The molecule has 0 aromatic carbocycles. The Morgan fingerprint density at radius 3 is 1.00 bits per heavy atom. The quantitative estimate of drug-likeness (QED) is 0.0265. The van der Waals surface area contributed by atoms with Gasteiger partial charge in [0.05, 0.1) is 0 Å². The van der Waals surface area contributed by atoms with Gasteiger partial charge in [-0.2, -0.15) is 0 Å². The van der Waals surface area contributed by atoms with Crippen molar-refractivity contribution in [1.29, 1.82) is 0 Å². The fourth-order valence-corrected chi connectivity index (χ4v) is 6.62. The van der Waals surface area contributed by atoms with Crippen LogP contribution in [-0.2, 0) is 28.6 Å². The Labute approximate surface area is 352 Å². The summed E-state index contributed by atoms with van der Waals surface area (Å²) >= 11 is 0. The first kappa shape index (κ1) is 54.4. The van der Waals surface area contributed by atoms with Crippen molar-refractivity contribution in [2.24, 2.45) is 0 Å². The largest absolute Gasteiger partial charge is 0.462 e. The lowest BCUT2D eigenvalue weighted by Gasteiger charge is -2.18. The van der Waals surface area contributed by atoms with E-state index in [9.17, 15) is 14.4 Å². The van der Waals surface area contributed by atoms with Crippen LogP contribution in [0.15, 0.2) is 48.6 Å². The molecule has 6 nitrogen and oxygen atoms in total. The van der Waals surface area contributed by atoms with E-state index in [-0.39, 0.29) is 31.1 Å². The fraction of sp³-hybridized carbons (Fsp3) is 0.784. The van der Waals surface area contributed by atoms with Crippen LogP contribution in [0.5, 0.6) is 0 Å². The zero-order chi connectivity index (χ0) is 41.5. The Morgan fingerprint density at radius 2 is 0.632 bits per heavy atom. The molecule has 0 saturated carbocycles. The number of ether oxygens (including phenoxy) is 3. The van der Waals surface area contributed by atoms with Crippen LogP contribution >= 0.6 is 0 Å². The number of carbonyl (C=O) groups excluding carboxylic acids is 3.